The largest absolute Gasteiger partial charge is 0.353 e. The molecule has 1 atom stereocenters. The van der Waals surface area contributed by atoms with Gasteiger partial charge in [0.2, 0.25) is 5.91 Å². The number of hydrogen-bond acceptors (Lipinski definition) is 3. The van der Waals surface area contributed by atoms with Crippen LogP contribution in [0.1, 0.15) is 30.1 Å². The van der Waals surface area contributed by atoms with Crippen LogP contribution in [0.25, 0.3) is 0 Å². The third kappa shape index (κ3) is 2.67. The first-order valence-corrected chi connectivity index (χ1v) is 6.95. The van der Waals surface area contributed by atoms with E-state index in [0.29, 0.717) is 31.6 Å². The Hall–Kier alpha value is -1.88. The molecule has 1 heterocycles. The summed E-state index contributed by atoms with van der Waals surface area (Å²) in [5, 5.41) is 2.79. The first-order chi connectivity index (χ1) is 9.59. The van der Waals surface area contributed by atoms with Gasteiger partial charge in [0.15, 0.2) is 0 Å². The van der Waals surface area contributed by atoms with Gasteiger partial charge in [-0.1, -0.05) is 18.2 Å². The van der Waals surface area contributed by atoms with Crippen molar-refractivity contribution in [2.24, 2.45) is 5.73 Å². The smallest absolute Gasteiger partial charge is 0.254 e. The molecule has 1 fully saturated rings. The van der Waals surface area contributed by atoms with E-state index < -0.39 is 5.54 Å². The molecule has 3 N–H and O–H groups in total. The van der Waals surface area contributed by atoms with Crippen molar-refractivity contribution in [1.82, 2.24) is 10.2 Å². The Morgan fingerprint density at radius 2 is 2.05 bits per heavy atom. The molecule has 108 valence electrons. The highest BCUT2D eigenvalue weighted by atomic mass is 16.2. The van der Waals surface area contributed by atoms with Crippen molar-refractivity contribution < 1.29 is 9.59 Å². The first-order valence-electron chi connectivity index (χ1n) is 6.95. The zero-order valence-corrected chi connectivity index (χ0v) is 11.8. The van der Waals surface area contributed by atoms with E-state index in [9.17, 15) is 9.59 Å². The van der Waals surface area contributed by atoms with Crippen molar-refractivity contribution in [1.29, 1.82) is 0 Å². The van der Waals surface area contributed by atoms with E-state index in [-0.39, 0.29) is 11.8 Å². The minimum absolute atomic E-state index is 0.0894. The lowest BCUT2D eigenvalue weighted by Gasteiger charge is -2.34. The molecule has 1 aliphatic heterocycles. The number of nitrogens with one attached hydrogen (secondary N) is 1. The fourth-order valence-corrected chi connectivity index (χ4v) is 2.64. The highest BCUT2D eigenvalue weighted by Gasteiger charge is 2.45. The predicted octanol–water partition coefficient (Wildman–Crippen LogP) is 0.756. The lowest BCUT2D eigenvalue weighted by molar-refractivity contribution is -0.129. The number of carbonyl (C=O) groups excluding carboxylic acids is 2. The van der Waals surface area contributed by atoms with E-state index in [1.165, 1.54) is 0 Å². The molecule has 0 radical (unpaired) electrons. The molecule has 1 aromatic rings. The van der Waals surface area contributed by atoms with Crippen molar-refractivity contribution in [3.63, 3.8) is 0 Å². The maximum absolute atomic E-state index is 12.6. The fraction of sp³-hybridized carbons (Fsp3) is 0.467. The lowest BCUT2D eigenvalue weighted by atomic mass is 9.97. The molecule has 20 heavy (non-hydrogen) atoms. The van der Waals surface area contributed by atoms with Gasteiger partial charge in [-0.15, -0.1) is 0 Å². The van der Waals surface area contributed by atoms with Crippen LogP contribution in [-0.4, -0.2) is 41.9 Å². The van der Waals surface area contributed by atoms with Crippen LogP contribution in [0.15, 0.2) is 30.3 Å². The van der Waals surface area contributed by atoms with Gasteiger partial charge in [0.25, 0.3) is 5.91 Å². The summed E-state index contributed by atoms with van der Waals surface area (Å²) >= 11 is 0. The van der Waals surface area contributed by atoms with Gasteiger partial charge >= 0.3 is 0 Å². The molecule has 1 unspecified atom stereocenters. The summed E-state index contributed by atoms with van der Waals surface area (Å²) < 4.78 is 0. The molecule has 0 spiro atoms. The standard InChI is InChI=1S/C15H21N3O2/c1-15(14(20)17-10-9-16)8-5-11-18(15)13(19)12-6-3-2-4-7-12/h2-4,6-7H,5,8-11,16H2,1H3,(H,17,20). The van der Waals surface area contributed by atoms with E-state index >= 15 is 0 Å². The third-order valence-corrected chi connectivity index (χ3v) is 3.83. The number of rotatable bonds is 4. The number of hydrogen-bond donors (Lipinski definition) is 2. The van der Waals surface area contributed by atoms with Crippen molar-refractivity contribution in [2.45, 2.75) is 25.3 Å². The molecule has 2 amide bonds. The average molecular weight is 275 g/mol. The number of benzene rings is 1. The van der Waals surface area contributed by atoms with E-state index in [0.717, 1.165) is 6.42 Å². The maximum Gasteiger partial charge on any atom is 0.254 e. The summed E-state index contributed by atoms with van der Waals surface area (Å²) in [6.45, 7) is 3.27. The Labute approximate surface area is 119 Å². The van der Waals surface area contributed by atoms with E-state index in [1.807, 2.05) is 25.1 Å². The molecule has 2 rings (SSSR count). The molecular weight excluding hydrogens is 254 g/mol. The van der Waals surface area contributed by atoms with Crippen molar-refractivity contribution in [3.05, 3.63) is 35.9 Å². The highest BCUT2D eigenvalue weighted by molar-refractivity contribution is 5.99. The Kier molecular flexibility index (Phi) is 4.39. The summed E-state index contributed by atoms with van der Waals surface area (Å²) in [6, 6.07) is 9.08. The number of carbonyl (C=O) groups is 2. The quantitative estimate of drug-likeness (QED) is 0.851. The zero-order chi connectivity index (χ0) is 14.6. The molecule has 5 nitrogen and oxygen atoms in total. The van der Waals surface area contributed by atoms with Gasteiger partial charge in [0, 0.05) is 25.2 Å². The van der Waals surface area contributed by atoms with Crippen LogP contribution < -0.4 is 11.1 Å². The number of nitrogens with zero attached hydrogens (tertiary/aromatic N) is 1. The van der Waals surface area contributed by atoms with Crippen LogP contribution in [0.3, 0.4) is 0 Å². The molecular formula is C15H21N3O2. The van der Waals surface area contributed by atoms with Gasteiger partial charge < -0.3 is 16.0 Å². The van der Waals surface area contributed by atoms with Gasteiger partial charge in [-0.05, 0) is 31.9 Å². The van der Waals surface area contributed by atoms with Crippen LogP contribution in [0.2, 0.25) is 0 Å². The van der Waals surface area contributed by atoms with Crippen LogP contribution >= 0.6 is 0 Å². The second-order valence-electron chi connectivity index (χ2n) is 5.24. The minimum Gasteiger partial charge on any atom is -0.353 e. The lowest BCUT2D eigenvalue weighted by Crippen LogP contribution is -2.56. The Balaban J connectivity index is 2.18. The maximum atomic E-state index is 12.6. The number of likely N-dealkylation sites (tertiary alicyclic amines) is 1. The summed E-state index contributed by atoms with van der Waals surface area (Å²) in [5.41, 5.74) is 5.25. The Morgan fingerprint density at radius 1 is 1.35 bits per heavy atom. The van der Waals surface area contributed by atoms with Crippen LogP contribution in [0.5, 0.6) is 0 Å². The monoisotopic (exact) mass is 275 g/mol. The molecule has 0 aliphatic carbocycles. The third-order valence-electron chi connectivity index (χ3n) is 3.83. The molecule has 0 aromatic heterocycles. The molecule has 1 saturated heterocycles. The van der Waals surface area contributed by atoms with Crippen LogP contribution in [0.4, 0.5) is 0 Å². The van der Waals surface area contributed by atoms with E-state index in [4.69, 9.17) is 5.73 Å². The SMILES string of the molecule is CC1(C(=O)NCCN)CCCN1C(=O)c1ccccc1. The van der Waals surface area contributed by atoms with E-state index in [2.05, 4.69) is 5.32 Å². The Bertz CT molecular complexity index is 489. The van der Waals surface area contributed by atoms with Gasteiger partial charge in [-0.2, -0.15) is 0 Å². The van der Waals surface area contributed by atoms with Crippen molar-refractivity contribution in [3.8, 4) is 0 Å². The van der Waals surface area contributed by atoms with Gasteiger partial charge in [0.05, 0.1) is 0 Å². The van der Waals surface area contributed by atoms with Gasteiger partial charge in [0.1, 0.15) is 5.54 Å². The second-order valence-corrected chi connectivity index (χ2v) is 5.24. The topological polar surface area (TPSA) is 75.4 Å². The van der Waals surface area contributed by atoms with Crippen molar-refractivity contribution >= 4 is 11.8 Å². The minimum atomic E-state index is -0.776. The first kappa shape index (κ1) is 14.5. The zero-order valence-electron chi connectivity index (χ0n) is 11.8. The predicted molar refractivity (Wildman–Crippen MR) is 77.2 cm³/mol. The molecule has 1 aliphatic rings. The normalized spacial score (nSPS) is 21.8. The molecule has 0 saturated carbocycles. The van der Waals surface area contributed by atoms with Gasteiger partial charge in [-0.25, -0.2) is 0 Å². The number of nitrogens with two attached hydrogens (primary N) is 1. The fourth-order valence-electron chi connectivity index (χ4n) is 2.64. The molecule has 1 aromatic carbocycles. The van der Waals surface area contributed by atoms with Crippen LogP contribution in [0, 0.1) is 0 Å². The molecule has 0 bridgehead atoms. The summed E-state index contributed by atoms with van der Waals surface area (Å²) in [7, 11) is 0. The molecule has 5 heteroatoms. The van der Waals surface area contributed by atoms with Crippen LogP contribution in [-0.2, 0) is 4.79 Å². The Morgan fingerprint density at radius 3 is 2.70 bits per heavy atom. The van der Waals surface area contributed by atoms with Gasteiger partial charge in [-0.3, -0.25) is 9.59 Å². The average Bonchev–Trinajstić information content (AvgIpc) is 2.88. The highest BCUT2D eigenvalue weighted by Crippen LogP contribution is 2.30. The summed E-state index contributed by atoms with van der Waals surface area (Å²) in [4.78, 5) is 26.5. The summed E-state index contributed by atoms with van der Waals surface area (Å²) in [5.74, 6) is -0.210. The second kappa shape index (κ2) is 6.05. The summed E-state index contributed by atoms with van der Waals surface area (Å²) in [6.07, 6.45) is 1.52. The van der Waals surface area contributed by atoms with E-state index in [1.54, 1.807) is 17.0 Å². The van der Waals surface area contributed by atoms with Crippen molar-refractivity contribution in [2.75, 3.05) is 19.6 Å². The number of amides is 2.